The van der Waals surface area contributed by atoms with Gasteiger partial charge in [-0.3, -0.25) is 0 Å². The molecule has 0 amide bonds. The topological polar surface area (TPSA) is 64.1 Å². The summed E-state index contributed by atoms with van der Waals surface area (Å²) in [5, 5.41) is 2.81. The van der Waals surface area contributed by atoms with E-state index in [1.807, 2.05) is 0 Å². The predicted molar refractivity (Wildman–Crippen MR) is 74.4 cm³/mol. The number of hydrogen-bond acceptors (Lipinski definition) is 3. The highest BCUT2D eigenvalue weighted by atomic mass is 19.4. The van der Waals surface area contributed by atoms with Gasteiger partial charge in [0.25, 0.3) is 0 Å². The molecule has 1 unspecified atom stereocenters. The number of benzene rings is 1. The average molecular weight is 285 g/mol. The van der Waals surface area contributed by atoms with E-state index in [0.29, 0.717) is 12.0 Å². The van der Waals surface area contributed by atoms with Crippen molar-refractivity contribution >= 4 is 5.57 Å². The number of nitrogens with two attached hydrogens (primary N) is 2. The number of rotatable bonds is 5. The molecule has 0 spiro atoms. The van der Waals surface area contributed by atoms with Crippen LogP contribution in [-0.2, 0) is 6.18 Å². The standard InChI is InChI=1S/C14H18F3N3/c1-20-13(19)7-6-10(8-9-18)11-4-2-3-5-12(11)14(15,16)17/h2-6,8-9,13,20H,7,18-19H2,1H3/b9-8-,10-6+. The third-order valence-electron chi connectivity index (χ3n) is 2.78. The normalized spacial score (nSPS) is 14.8. The molecule has 6 heteroatoms. The molecular weight excluding hydrogens is 267 g/mol. The maximum absolute atomic E-state index is 13.0. The first-order valence-corrected chi connectivity index (χ1v) is 6.08. The summed E-state index contributed by atoms with van der Waals surface area (Å²) in [6.45, 7) is 0. The van der Waals surface area contributed by atoms with Crippen LogP contribution in [0.5, 0.6) is 0 Å². The SMILES string of the molecule is CNC(N)C/C=C(\C=C/N)c1ccccc1C(F)(F)F. The van der Waals surface area contributed by atoms with Gasteiger partial charge in [0.15, 0.2) is 0 Å². The maximum atomic E-state index is 13.0. The first-order valence-electron chi connectivity index (χ1n) is 6.08. The number of halogens is 3. The van der Waals surface area contributed by atoms with Crippen LogP contribution in [0.3, 0.4) is 0 Å². The molecule has 20 heavy (non-hydrogen) atoms. The molecule has 1 rings (SSSR count). The fourth-order valence-electron chi connectivity index (χ4n) is 1.73. The van der Waals surface area contributed by atoms with Gasteiger partial charge in [-0.05, 0) is 42.9 Å². The third kappa shape index (κ3) is 4.40. The van der Waals surface area contributed by atoms with Crippen LogP contribution in [0.1, 0.15) is 17.5 Å². The van der Waals surface area contributed by atoms with Gasteiger partial charge in [0.1, 0.15) is 0 Å². The van der Waals surface area contributed by atoms with Crippen molar-refractivity contribution in [2.75, 3.05) is 7.05 Å². The summed E-state index contributed by atoms with van der Waals surface area (Å²) in [4.78, 5) is 0. The first kappa shape index (κ1) is 16.3. The molecule has 0 saturated carbocycles. The molecular formula is C14H18F3N3. The molecule has 0 radical (unpaired) electrons. The zero-order valence-corrected chi connectivity index (χ0v) is 11.1. The molecule has 0 heterocycles. The van der Waals surface area contributed by atoms with E-state index in [1.54, 1.807) is 19.2 Å². The molecule has 0 aliphatic heterocycles. The van der Waals surface area contributed by atoms with Crippen LogP contribution < -0.4 is 16.8 Å². The molecule has 5 N–H and O–H groups in total. The molecule has 3 nitrogen and oxygen atoms in total. The second-order valence-electron chi connectivity index (χ2n) is 4.19. The van der Waals surface area contributed by atoms with Crippen LogP contribution >= 0.6 is 0 Å². The third-order valence-corrected chi connectivity index (χ3v) is 2.78. The summed E-state index contributed by atoms with van der Waals surface area (Å²) < 4.78 is 39.0. The van der Waals surface area contributed by atoms with Gasteiger partial charge in [0.05, 0.1) is 11.7 Å². The van der Waals surface area contributed by atoms with Gasteiger partial charge in [-0.2, -0.15) is 13.2 Å². The molecule has 0 aromatic heterocycles. The second kappa shape index (κ2) is 7.12. The number of hydrogen-bond donors (Lipinski definition) is 3. The fourth-order valence-corrected chi connectivity index (χ4v) is 1.73. The molecule has 1 aromatic carbocycles. The van der Waals surface area contributed by atoms with Gasteiger partial charge >= 0.3 is 6.18 Å². The Morgan fingerprint density at radius 1 is 1.35 bits per heavy atom. The summed E-state index contributed by atoms with van der Waals surface area (Å²) >= 11 is 0. The Bertz CT molecular complexity index is 493. The summed E-state index contributed by atoms with van der Waals surface area (Å²) in [5.74, 6) is 0. The zero-order chi connectivity index (χ0) is 15.2. The van der Waals surface area contributed by atoms with Crippen LogP contribution in [0.4, 0.5) is 13.2 Å². The van der Waals surface area contributed by atoms with Gasteiger partial charge in [-0.25, -0.2) is 0 Å². The Hall–Kier alpha value is -1.79. The minimum Gasteiger partial charge on any atom is -0.405 e. The Kier molecular flexibility index (Phi) is 5.79. The van der Waals surface area contributed by atoms with Gasteiger partial charge < -0.3 is 16.8 Å². The van der Waals surface area contributed by atoms with Crippen LogP contribution in [0.2, 0.25) is 0 Å². The molecule has 1 aromatic rings. The molecule has 0 fully saturated rings. The number of allylic oxidation sites excluding steroid dienone is 2. The van der Waals surface area contributed by atoms with Crippen molar-refractivity contribution in [3.8, 4) is 0 Å². The first-order chi connectivity index (χ1) is 9.40. The van der Waals surface area contributed by atoms with Crippen molar-refractivity contribution < 1.29 is 13.2 Å². The van der Waals surface area contributed by atoms with Crippen molar-refractivity contribution in [1.82, 2.24) is 5.32 Å². The van der Waals surface area contributed by atoms with Crippen molar-refractivity contribution in [3.05, 3.63) is 53.7 Å². The van der Waals surface area contributed by atoms with E-state index in [1.165, 1.54) is 24.4 Å². The molecule has 110 valence electrons. The molecule has 1 atom stereocenters. The van der Waals surface area contributed by atoms with E-state index in [-0.39, 0.29) is 11.7 Å². The van der Waals surface area contributed by atoms with E-state index >= 15 is 0 Å². The largest absolute Gasteiger partial charge is 0.417 e. The average Bonchev–Trinajstić information content (AvgIpc) is 2.42. The van der Waals surface area contributed by atoms with Gasteiger partial charge in [-0.15, -0.1) is 0 Å². The highest BCUT2D eigenvalue weighted by Gasteiger charge is 2.33. The van der Waals surface area contributed by atoms with Crippen molar-refractivity contribution in [3.63, 3.8) is 0 Å². The fraction of sp³-hybridized carbons (Fsp3) is 0.286. The van der Waals surface area contributed by atoms with Crippen molar-refractivity contribution in [2.24, 2.45) is 11.5 Å². The quantitative estimate of drug-likeness (QED) is 0.575. The number of alkyl halides is 3. The maximum Gasteiger partial charge on any atom is 0.417 e. The Morgan fingerprint density at radius 2 is 2.00 bits per heavy atom. The predicted octanol–water partition coefficient (Wildman–Crippen LogP) is 2.46. The summed E-state index contributed by atoms with van der Waals surface area (Å²) in [7, 11) is 1.68. The Morgan fingerprint density at radius 3 is 2.55 bits per heavy atom. The van der Waals surface area contributed by atoms with Crippen molar-refractivity contribution in [1.29, 1.82) is 0 Å². The lowest BCUT2D eigenvalue weighted by Crippen LogP contribution is -2.33. The smallest absolute Gasteiger partial charge is 0.405 e. The minimum atomic E-state index is -4.41. The van der Waals surface area contributed by atoms with Crippen molar-refractivity contribution in [2.45, 2.75) is 18.8 Å². The van der Waals surface area contributed by atoms with E-state index in [4.69, 9.17) is 11.5 Å². The zero-order valence-electron chi connectivity index (χ0n) is 11.1. The second-order valence-corrected chi connectivity index (χ2v) is 4.19. The summed E-state index contributed by atoms with van der Waals surface area (Å²) in [6.07, 6.45) is -0.0633. The molecule has 0 aliphatic carbocycles. The lowest BCUT2D eigenvalue weighted by atomic mass is 9.98. The van der Waals surface area contributed by atoms with Crippen LogP contribution in [-0.4, -0.2) is 13.2 Å². The summed E-state index contributed by atoms with van der Waals surface area (Å²) in [6, 6.07) is 5.38. The van der Waals surface area contributed by atoms with Gasteiger partial charge in [-0.1, -0.05) is 24.3 Å². The molecule has 0 bridgehead atoms. The van der Waals surface area contributed by atoms with E-state index < -0.39 is 11.7 Å². The van der Waals surface area contributed by atoms with E-state index in [2.05, 4.69) is 5.32 Å². The summed E-state index contributed by atoms with van der Waals surface area (Å²) in [5.41, 5.74) is 10.8. The lowest BCUT2D eigenvalue weighted by Gasteiger charge is -2.14. The highest BCUT2D eigenvalue weighted by Crippen LogP contribution is 2.35. The Balaban J connectivity index is 3.23. The van der Waals surface area contributed by atoms with Crippen LogP contribution in [0.25, 0.3) is 5.57 Å². The Labute approximate surface area is 116 Å². The molecule has 0 aliphatic rings. The lowest BCUT2D eigenvalue weighted by molar-refractivity contribution is -0.137. The van der Waals surface area contributed by atoms with Gasteiger partial charge in [0, 0.05) is 0 Å². The monoisotopic (exact) mass is 285 g/mol. The van der Waals surface area contributed by atoms with Crippen LogP contribution in [0.15, 0.2) is 42.6 Å². The molecule has 0 saturated heterocycles. The van der Waals surface area contributed by atoms with E-state index in [9.17, 15) is 13.2 Å². The van der Waals surface area contributed by atoms with Crippen LogP contribution in [0, 0.1) is 0 Å². The number of nitrogens with one attached hydrogen (secondary N) is 1. The van der Waals surface area contributed by atoms with Gasteiger partial charge in [0.2, 0.25) is 0 Å². The van der Waals surface area contributed by atoms with E-state index in [0.717, 1.165) is 6.07 Å². The highest BCUT2D eigenvalue weighted by molar-refractivity contribution is 5.76. The minimum absolute atomic E-state index is 0.0880.